The van der Waals surface area contributed by atoms with E-state index >= 15 is 0 Å². The maximum Gasteiger partial charge on any atom is 0.250 e. The minimum atomic E-state index is -0.505. The summed E-state index contributed by atoms with van der Waals surface area (Å²) in [6, 6.07) is 3.40. The van der Waals surface area contributed by atoms with Gasteiger partial charge in [0.05, 0.1) is 11.9 Å². The fourth-order valence-electron chi connectivity index (χ4n) is 0.637. The second-order valence-corrected chi connectivity index (χ2v) is 1.95. The Morgan fingerprint density at radius 1 is 1.73 bits per heavy atom. The summed E-state index contributed by atoms with van der Waals surface area (Å²) in [5.41, 5.74) is 0.589. The molecule has 0 saturated heterocycles. The molecular formula is C7H8N2O2. The van der Waals surface area contributed by atoms with Gasteiger partial charge in [-0.05, 0) is 12.1 Å². The van der Waals surface area contributed by atoms with Crippen LogP contribution >= 0.6 is 0 Å². The first-order chi connectivity index (χ1) is 5.33. The van der Waals surface area contributed by atoms with Crippen molar-refractivity contribution in [2.75, 3.05) is 11.9 Å². The van der Waals surface area contributed by atoms with Crippen LogP contribution in [0.15, 0.2) is 24.5 Å². The standard InChI is InChI=1S/C7H8N2O2/c10-5-7(11)9-6-2-1-3-8-4-6/h1-4,10H,5H2,(H,9,11). The smallest absolute Gasteiger partial charge is 0.250 e. The first-order valence-corrected chi connectivity index (χ1v) is 3.13. The molecule has 0 fully saturated rings. The molecule has 0 aliphatic rings. The van der Waals surface area contributed by atoms with E-state index in [1.54, 1.807) is 18.3 Å². The average Bonchev–Trinajstić information content (AvgIpc) is 2.06. The predicted octanol–water partition coefficient (Wildman–Crippen LogP) is 0.0124. The van der Waals surface area contributed by atoms with E-state index in [-0.39, 0.29) is 0 Å². The summed E-state index contributed by atoms with van der Waals surface area (Å²) in [7, 11) is 0. The number of nitrogens with zero attached hydrogens (tertiary/aromatic N) is 1. The van der Waals surface area contributed by atoms with Crippen molar-refractivity contribution in [2.45, 2.75) is 0 Å². The second kappa shape index (κ2) is 3.68. The molecule has 0 spiro atoms. The van der Waals surface area contributed by atoms with E-state index < -0.39 is 12.5 Å². The van der Waals surface area contributed by atoms with E-state index in [2.05, 4.69) is 10.3 Å². The number of hydrogen-bond acceptors (Lipinski definition) is 3. The molecule has 0 saturated carbocycles. The zero-order chi connectivity index (χ0) is 8.10. The van der Waals surface area contributed by atoms with Crippen molar-refractivity contribution in [3.63, 3.8) is 0 Å². The molecule has 1 rings (SSSR count). The van der Waals surface area contributed by atoms with E-state index in [0.29, 0.717) is 5.69 Å². The Kier molecular flexibility index (Phi) is 2.57. The number of amides is 1. The molecule has 0 aliphatic heterocycles. The number of carbonyl (C=O) groups is 1. The van der Waals surface area contributed by atoms with E-state index in [1.165, 1.54) is 6.20 Å². The topological polar surface area (TPSA) is 62.2 Å². The molecule has 0 aliphatic carbocycles. The van der Waals surface area contributed by atoms with Crippen LogP contribution in [0.5, 0.6) is 0 Å². The summed E-state index contributed by atoms with van der Waals surface area (Å²) in [4.78, 5) is 14.4. The molecule has 1 aromatic rings. The minimum Gasteiger partial charge on any atom is -0.387 e. The molecule has 0 bridgehead atoms. The Bertz CT molecular complexity index is 235. The van der Waals surface area contributed by atoms with Gasteiger partial charge < -0.3 is 10.4 Å². The van der Waals surface area contributed by atoms with Crippen LogP contribution in [0.3, 0.4) is 0 Å². The summed E-state index contributed by atoms with van der Waals surface area (Å²) >= 11 is 0. The fourth-order valence-corrected chi connectivity index (χ4v) is 0.637. The van der Waals surface area contributed by atoms with Crippen LogP contribution in [-0.2, 0) is 4.79 Å². The van der Waals surface area contributed by atoms with Gasteiger partial charge in [-0.1, -0.05) is 0 Å². The monoisotopic (exact) mass is 152 g/mol. The number of aromatic nitrogens is 1. The lowest BCUT2D eigenvalue weighted by Gasteiger charge is -1.99. The Balaban J connectivity index is 2.58. The van der Waals surface area contributed by atoms with Crippen LogP contribution in [0, 0.1) is 0 Å². The third kappa shape index (κ3) is 2.35. The summed E-state index contributed by atoms with van der Waals surface area (Å²) in [5.74, 6) is -0.432. The maximum absolute atomic E-state index is 10.6. The largest absolute Gasteiger partial charge is 0.387 e. The Hall–Kier alpha value is -1.42. The zero-order valence-corrected chi connectivity index (χ0v) is 5.82. The summed E-state index contributed by atoms with van der Waals surface area (Å²) in [5, 5.41) is 10.8. The van der Waals surface area contributed by atoms with Crippen LogP contribution < -0.4 is 5.32 Å². The normalized spacial score (nSPS) is 9.18. The lowest BCUT2D eigenvalue weighted by molar-refractivity contribution is -0.118. The molecular weight excluding hydrogens is 144 g/mol. The van der Waals surface area contributed by atoms with Crippen LogP contribution in [0.25, 0.3) is 0 Å². The first-order valence-electron chi connectivity index (χ1n) is 3.13. The number of nitrogens with one attached hydrogen (secondary N) is 1. The van der Waals surface area contributed by atoms with Crippen LogP contribution in [0.4, 0.5) is 5.69 Å². The van der Waals surface area contributed by atoms with Crippen LogP contribution in [0.1, 0.15) is 0 Å². The molecule has 0 atom stereocenters. The molecule has 1 amide bonds. The van der Waals surface area contributed by atoms with Crippen LogP contribution in [-0.4, -0.2) is 22.6 Å². The highest BCUT2D eigenvalue weighted by Gasteiger charge is 1.97. The van der Waals surface area contributed by atoms with E-state index in [0.717, 1.165) is 0 Å². The molecule has 0 aromatic carbocycles. The van der Waals surface area contributed by atoms with Crippen molar-refractivity contribution in [2.24, 2.45) is 0 Å². The molecule has 1 heterocycles. The van der Waals surface area contributed by atoms with Crippen molar-refractivity contribution in [1.29, 1.82) is 0 Å². The van der Waals surface area contributed by atoms with Gasteiger partial charge in [0.1, 0.15) is 6.61 Å². The molecule has 4 nitrogen and oxygen atoms in total. The number of anilines is 1. The predicted molar refractivity (Wildman–Crippen MR) is 40.0 cm³/mol. The van der Waals surface area contributed by atoms with Gasteiger partial charge in [0.25, 0.3) is 0 Å². The molecule has 4 heteroatoms. The van der Waals surface area contributed by atoms with E-state index in [9.17, 15) is 4.79 Å². The molecule has 58 valence electrons. The van der Waals surface area contributed by atoms with Crippen molar-refractivity contribution in [3.8, 4) is 0 Å². The van der Waals surface area contributed by atoms with Gasteiger partial charge in [0, 0.05) is 6.20 Å². The number of aliphatic hydroxyl groups is 1. The van der Waals surface area contributed by atoms with Crippen molar-refractivity contribution < 1.29 is 9.90 Å². The van der Waals surface area contributed by atoms with Gasteiger partial charge in [-0.2, -0.15) is 0 Å². The van der Waals surface area contributed by atoms with Crippen molar-refractivity contribution >= 4 is 11.6 Å². The van der Waals surface area contributed by atoms with E-state index in [4.69, 9.17) is 5.11 Å². The number of aliphatic hydroxyl groups excluding tert-OH is 1. The van der Waals surface area contributed by atoms with Crippen molar-refractivity contribution in [1.82, 2.24) is 4.98 Å². The third-order valence-electron chi connectivity index (χ3n) is 1.09. The minimum absolute atomic E-state index is 0.432. The fraction of sp³-hybridized carbons (Fsp3) is 0.143. The molecule has 1 aromatic heterocycles. The Morgan fingerprint density at radius 3 is 3.09 bits per heavy atom. The summed E-state index contributed by atoms with van der Waals surface area (Å²) < 4.78 is 0. The highest BCUT2D eigenvalue weighted by Crippen LogP contribution is 2.01. The first kappa shape index (κ1) is 7.68. The SMILES string of the molecule is O=C(CO)Nc1cccnc1. The number of carbonyl (C=O) groups excluding carboxylic acids is 1. The van der Waals surface area contributed by atoms with Gasteiger partial charge >= 0.3 is 0 Å². The maximum atomic E-state index is 10.6. The lowest BCUT2D eigenvalue weighted by Crippen LogP contribution is -2.15. The highest BCUT2D eigenvalue weighted by atomic mass is 16.3. The lowest BCUT2D eigenvalue weighted by atomic mass is 10.4. The number of pyridine rings is 1. The van der Waals surface area contributed by atoms with Crippen molar-refractivity contribution in [3.05, 3.63) is 24.5 Å². The Labute approximate surface area is 63.9 Å². The van der Waals surface area contributed by atoms with Gasteiger partial charge in [-0.25, -0.2) is 0 Å². The van der Waals surface area contributed by atoms with E-state index in [1.807, 2.05) is 0 Å². The summed E-state index contributed by atoms with van der Waals surface area (Å²) in [6.45, 7) is -0.505. The van der Waals surface area contributed by atoms with Gasteiger partial charge in [-0.15, -0.1) is 0 Å². The highest BCUT2D eigenvalue weighted by molar-refractivity contribution is 5.91. The average molecular weight is 152 g/mol. The van der Waals surface area contributed by atoms with Crippen LogP contribution in [0.2, 0.25) is 0 Å². The zero-order valence-electron chi connectivity index (χ0n) is 5.82. The molecule has 0 unspecified atom stereocenters. The van der Waals surface area contributed by atoms with Gasteiger partial charge in [0.15, 0.2) is 0 Å². The number of rotatable bonds is 2. The van der Waals surface area contributed by atoms with Gasteiger partial charge in [0.2, 0.25) is 5.91 Å². The molecule has 2 N–H and O–H groups in total. The Morgan fingerprint density at radius 2 is 2.55 bits per heavy atom. The van der Waals surface area contributed by atoms with Gasteiger partial charge in [-0.3, -0.25) is 9.78 Å². The quantitative estimate of drug-likeness (QED) is 0.627. The summed E-state index contributed by atoms with van der Waals surface area (Å²) in [6.07, 6.45) is 3.11. The molecule has 0 radical (unpaired) electrons. The molecule has 11 heavy (non-hydrogen) atoms. The third-order valence-corrected chi connectivity index (χ3v) is 1.09. The number of hydrogen-bond donors (Lipinski definition) is 2. The second-order valence-electron chi connectivity index (χ2n) is 1.95.